The SMILES string of the molecule is COc1nccc(S(=O)(=O)N2CCC3(CCC(C4CNCCO4)C3)CC2)c1F. The van der Waals surface area contributed by atoms with Crippen molar-refractivity contribution in [2.45, 2.75) is 43.1 Å². The van der Waals surface area contributed by atoms with Crippen molar-refractivity contribution in [1.82, 2.24) is 14.6 Å². The summed E-state index contributed by atoms with van der Waals surface area (Å²) in [5, 5.41) is 3.40. The predicted octanol–water partition coefficient (Wildman–Crippen LogP) is 1.79. The molecule has 2 saturated heterocycles. The van der Waals surface area contributed by atoms with Crippen LogP contribution in [-0.2, 0) is 14.8 Å². The summed E-state index contributed by atoms with van der Waals surface area (Å²) in [6.45, 7) is 3.43. The molecule has 1 spiro atoms. The zero-order valence-corrected chi connectivity index (χ0v) is 17.0. The zero-order chi connectivity index (χ0) is 19.8. The average molecular weight is 414 g/mol. The maximum absolute atomic E-state index is 14.5. The van der Waals surface area contributed by atoms with Gasteiger partial charge in [0.05, 0.1) is 19.8 Å². The van der Waals surface area contributed by atoms with Gasteiger partial charge in [0.15, 0.2) is 0 Å². The maximum atomic E-state index is 14.5. The fraction of sp³-hybridized carbons (Fsp3) is 0.737. The van der Waals surface area contributed by atoms with E-state index >= 15 is 0 Å². The molecule has 0 amide bonds. The lowest BCUT2D eigenvalue weighted by Gasteiger charge is -2.39. The first-order chi connectivity index (χ1) is 13.5. The van der Waals surface area contributed by atoms with Crippen LogP contribution in [0.25, 0.3) is 0 Å². The Kier molecular flexibility index (Phi) is 5.61. The highest BCUT2D eigenvalue weighted by Gasteiger charge is 2.46. The van der Waals surface area contributed by atoms with Crippen molar-refractivity contribution in [3.8, 4) is 5.88 Å². The number of rotatable bonds is 4. The summed E-state index contributed by atoms with van der Waals surface area (Å²) >= 11 is 0. The lowest BCUT2D eigenvalue weighted by molar-refractivity contribution is -0.0122. The van der Waals surface area contributed by atoms with E-state index < -0.39 is 15.8 Å². The van der Waals surface area contributed by atoms with E-state index in [1.807, 2.05) is 0 Å². The van der Waals surface area contributed by atoms with Gasteiger partial charge < -0.3 is 14.8 Å². The van der Waals surface area contributed by atoms with Gasteiger partial charge in [-0.1, -0.05) is 0 Å². The zero-order valence-electron chi connectivity index (χ0n) is 16.2. The summed E-state index contributed by atoms with van der Waals surface area (Å²) in [5.41, 5.74) is 0.186. The lowest BCUT2D eigenvalue weighted by atomic mass is 9.76. The number of sulfonamides is 1. The number of aromatic nitrogens is 1. The van der Waals surface area contributed by atoms with Crippen LogP contribution in [0.5, 0.6) is 5.88 Å². The second kappa shape index (κ2) is 7.85. The fourth-order valence-electron chi connectivity index (χ4n) is 5.00. The van der Waals surface area contributed by atoms with Gasteiger partial charge in [-0.2, -0.15) is 8.70 Å². The van der Waals surface area contributed by atoms with E-state index in [-0.39, 0.29) is 22.3 Å². The van der Waals surface area contributed by atoms with E-state index in [1.165, 1.54) is 23.7 Å². The molecule has 28 heavy (non-hydrogen) atoms. The first-order valence-corrected chi connectivity index (χ1v) is 11.4. The summed E-state index contributed by atoms with van der Waals surface area (Å²) in [4.78, 5) is 3.37. The Balaban J connectivity index is 1.43. The van der Waals surface area contributed by atoms with E-state index in [0.29, 0.717) is 19.0 Å². The van der Waals surface area contributed by atoms with Crippen LogP contribution in [0.1, 0.15) is 32.1 Å². The summed E-state index contributed by atoms with van der Waals surface area (Å²) in [6.07, 6.45) is 6.50. The van der Waals surface area contributed by atoms with Crippen LogP contribution in [0.4, 0.5) is 4.39 Å². The van der Waals surface area contributed by atoms with Crippen molar-refractivity contribution >= 4 is 10.0 Å². The lowest BCUT2D eigenvalue weighted by Crippen LogP contribution is -2.44. The molecular weight excluding hydrogens is 385 g/mol. The van der Waals surface area contributed by atoms with Crippen molar-refractivity contribution < 1.29 is 22.3 Å². The number of hydrogen-bond donors (Lipinski definition) is 1. The van der Waals surface area contributed by atoms with Gasteiger partial charge in [-0.3, -0.25) is 0 Å². The summed E-state index contributed by atoms with van der Waals surface area (Å²) in [7, 11) is -2.63. The van der Waals surface area contributed by atoms with Crippen molar-refractivity contribution in [3.05, 3.63) is 18.1 Å². The third-order valence-corrected chi connectivity index (χ3v) is 8.55. The number of methoxy groups -OCH3 is 1. The van der Waals surface area contributed by atoms with Crippen LogP contribution in [0.15, 0.2) is 17.2 Å². The number of halogens is 1. The van der Waals surface area contributed by atoms with Gasteiger partial charge in [0.1, 0.15) is 4.90 Å². The Morgan fingerprint density at radius 3 is 2.82 bits per heavy atom. The number of pyridine rings is 1. The number of piperidine rings is 1. The topological polar surface area (TPSA) is 80.8 Å². The van der Waals surface area contributed by atoms with E-state index in [4.69, 9.17) is 9.47 Å². The molecule has 2 aliphatic heterocycles. The number of nitrogens with zero attached hydrogens (tertiary/aromatic N) is 2. The molecular formula is C19H28FN3O4S. The van der Waals surface area contributed by atoms with Crippen molar-refractivity contribution in [3.63, 3.8) is 0 Å². The Hall–Kier alpha value is -1.29. The predicted molar refractivity (Wildman–Crippen MR) is 101 cm³/mol. The van der Waals surface area contributed by atoms with Crippen LogP contribution in [0.3, 0.4) is 0 Å². The molecule has 1 aromatic rings. The fourth-order valence-corrected chi connectivity index (χ4v) is 6.49. The molecule has 0 radical (unpaired) electrons. The normalized spacial score (nSPS) is 28.5. The average Bonchev–Trinajstić information content (AvgIpc) is 3.12. The van der Waals surface area contributed by atoms with E-state index in [2.05, 4.69) is 10.3 Å². The van der Waals surface area contributed by atoms with Gasteiger partial charge in [0, 0.05) is 32.4 Å². The van der Waals surface area contributed by atoms with Crippen LogP contribution < -0.4 is 10.1 Å². The van der Waals surface area contributed by atoms with Gasteiger partial charge in [-0.25, -0.2) is 13.4 Å². The summed E-state index contributed by atoms with van der Waals surface area (Å²) in [5.74, 6) is -0.680. The molecule has 3 fully saturated rings. The van der Waals surface area contributed by atoms with E-state index in [9.17, 15) is 12.8 Å². The van der Waals surface area contributed by atoms with E-state index in [0.717, 1.165) is 51.8 Å². The standard InChI is InChI=1S/C19H28FN3O4S/c1-26-18-17(20)16(3-7-22-18)28(24,25)23-9-5-19(6-10-23)4-2-14(12-19)15-13-21-8-11-27-15/h3,7,14-15,21H,2,4-6,8-13H2,1H3. The highest BCUT2D eigenvalue weighted by Crippen LogP contribution is 2.50. The third-order valence-electron chi connectivity index (χ3n) is 6.64. The quantitative estimate of drug-likeness (QED) is 0.811. The molecule has 2 atom stereocenters. The number of morpholine rings is 1. The first kappa shape index (κ1) is 20.0. The molecule has 1 saturated carbocycles. The second-order valence-electron chi connectivity index (χ2n) is 8.15. The molecule has 4 rings (SSSR count). The second-order valence-corrected chi connectivity index (χ2v) is 10.1. The van der Waals surface area contributed by atoms with Gasteiger partial charge in [-0.05, 0) is 49.5 Å². The van der Waals surface area contributed by atoms with Gasteiger partial charge in [0.25, 0.3) is 5.88 Å². The van der Waals surface area contributed by atoms with Crippen LogP contribution in [0.2, 0.25) is 0 Å². The minimum absolute atomic E-state index is 0.186. The number of ether oxygens (including phenoxy) is 2. The first-order valence-electron chi connectivity index (χ1n) is 9.96. The molecule has 0 bridgehead atoms. The molecule has 3 heterocycles. The van der Waals surface area contributed by atoms with Crippen LogP contribution in [-0.4, -0.2) is 63.7 Å². The third kappa shape index (κ3) is 3.65. The van der Waals surface area contributed by atoms with Gasteiger partial charge in [0.2, 0.25) is 15.8 Å². The van der Waals surface area contributed by atoms with Crippen molar-refractivity contribution in [2.24, 2.45) is 11.3 Å². The summed E-state index contributed by atoms with van der Waals surface area (Å²) in [6, 6.07) is 1.20. The number of nitrogens with one attached hydrogen (secondary N) is 1. The van der Waals surface area contributed by atoms with Gasteiger partial charge in [-0.15, -0.1) is 0 Å². The monoisotopic (exact) mass is 413 g/mol. The smallest absolute Gasteiger partial charge is 0.251 e. The summed E-state index contributed by atoms with van der Waals surface area (Å²) < 4.78 is 52.6. The molecule has 7 nitrogen and oxygen atoms in total. The van der Waals surface area contributed by atoms with Crippen LogP contribution in [0, 0.1) is 17.2 Å². The van der Waals surface area contributed by atoms with Gasteiger partial charge >= 0.3 is 0 Å². The Morgan fingerprint density at radius 1 is 1.36 bits per heavy atom. The molecule has 1 aromatic heterocycles. The van der Waals surface area contributed by atoms with Crippen molar-refractivity contribution in [1.29, 1.82) is 0 Å². The molecule has 156 valence electrons. The Bertz CT molecular complexity index is 805. The minimum atomic E-state index is -3.90. The molecule has 2 unspecified atom stereocenters. The van der Waals surface area contributed by atoms with Crippen LogP contribution >= 0.6 is 0 Å². The molecule has 1 aliphatic carbocycles. The molecule has 1 N–H and O–H groups in total. The highest BCUT2D eigenvalue weighted by molar-refractivity contribution is 7.89. The molecule has 0 aromatic carbocycles. The number of hydrogen-bond acceptors (Lipinski definition) is 6. The van der Waals surface area contributed by atoms with Crippen molar-refractivity contribution in [2.75, 3.05) is 39.9 Å². The Labute approximate surface area is 165 Å². The minimum Gasteiger partial charge on any atom is -0.479 e. The Morgan fingerprint density at radius 2 is 2.14 bits per heavy atom. The highest BCUT2D eigenvalue weighted by atomic mass is 32.2. The molecule has 3 aliphatic rings. The maximum Gasteiger partial charge on any atom is 0.251 e. The largest absolute Gasteiger partial charge is 0.479 e. The van der Waals surface area contributed by atoms with E-state index in [1.54, 1.807) is 0 Å². The molecule has 9 heteroatoms.